The Balaban J connectivity index is 1.78. The highest BCUT2D eigenvalue weighted by Crippen LogP contribution is 2.34. The first-order valence-corrected chi connectivity index (χ1v) is 6.85. The predicted octanol–water partition coefficient (Wildman–Crippen LogP) is 3.49. The first-order valence-electron chi connectivity index (χ1n) is 5.17. The van der Waals surface area contributed by atoms with Crippen molar-refractivity contribution in [1.29, 1.82) is 0 Å². The second kappa shape index (κ2) is 4.62. The van der Waals surface area contributed by atoms with Gasteiger partial charge in [-0.2, -0.15) is 0 Å². The first-order chi connectivity index (χ1) is 8.72. The third kappa shape index (κ3) is 2.21. The van der Waals surface area contributed by atoms with Gasteiger partial charge in [-0.05, 0) is 34.1 Å². The number of benzene rings is 1. The average molecular weight is 326 g/mol. The maximum atomic E-state index is 11.9. The highest BCUT2D eigenvalue weighted by atomic mass is 79.9. The van der Waals surface area contributed by atoms with Crippen molar-refractivity contribution in [3.05, 3.63) is 39.0 Å². The Bertz CT molecular complexity index is 611. The van der Waals surface area contributed by atoms with Crippen LogP contribution in [0.5, 0.6) is 11.5 Å². The molecular weight excluding hydrogens is 318 g/mol. The Morgan fingerprint density at radius 3 is 2.89 bits per heavy atom. The van der Waals surface area contributed by atoms with E-state index in [-0.39, 0.29) is 12.7 Å². The molecular formula is C12H8BrNO3S. The summed E-state index contributed by atoms with van der Waals surface area (Å²) in [5, 5.41) is 4.69. The Morgan fingerprint density at radius 2 is 2.11 bits per heavy atom. The number of fused-ring (bicyclic) bond motifs is 1. The van der Waals surface area contributed by atoms with Gasteiger partial charge in [-0.15, -0.1) is 11.3 Å². The molecule has 1 amide bonds. The zero-order valence-electron chi connectivity index (χ0n) is 9.10. The molecule has 0 atom stereocenters. The largest absolute Gasteiger partial charge is 0.454 e. The van der Waals surface area contributed by atoms with Crippen molar-refractivity contribution in [2.75, 3.05) is 12.1 Å². The van der Waals surface area contributed by atoms with Crippen LogP contribution in [-0.4, -0.2) is 12.7 Å². The zero-order chi connectivity index (χ0) is 12.5. The van der Waals surface area contributed by atoms with E-state index in [0.717, 1.165) is 4.47 Å². The molecule has 2 heterocycles. The third-order valence-corrected chi connectivity index (χ3v) is 4.11. The van der Waals surface area contributed by atoms with Crippen molar-refractivity contribution >= 4 is 38.9 Å². The number of hydrogen-bond acceptors (Lipinski definition) is 4. The fourth-order valence-electron chi connectivity index (χ4n) is 1.60. The van der Waals surface area contributed by atoms with Crippen LogP contribution in [0.2, 0.25) is 0 Å². The Morgan fingerprint density at radius 1 is 1.28 bits per heavy atom. The number of hydrogen-bond donors (Lipinski definition) is 1. The van der Waals surface area contributed by atoms with E-state index in [9.17, 15) is 4.79 Å². The quantitative estimate of drug-likeness (QED) is 0.919. The minimum Gasteiger partial charge on any atom is -0.454 e. The monoisotopic (exact) mass is 325 g/mol. The standard InChI is InChI=1S/C12H8BrNO3S/c13-7-3-11(18-5-7)12(15)14-8-1-2-9-10(4-8)17-6-16-9/h1-5H,6H2,(H,14,15). The Kier molecular flexibility index (Phi) is 2.97. The molecule has 1 aromatic carbocycles. The van der Waals surface area contributed by atoms with E-state index in [0.29, 0.717) is 22.1 Å². The molecule has 1 N–H and O–H groups in total. The lowest BCUT2D eigenvalue weighted by molar-refractivity contribution is 0.103. The molecule has 18 heavy (non-hydrogen) atoms. The van der Waals surface area contributed by atoms with Crippen molar-refractivity contribution in [2.45, 2.75) is 0 Å². The summed E-state index contributed by atoms with van der Waals surface area (Å²) in [6.07, 6.45) is 0. The smallest absolute Gasteiger partial charge is 0.265 e. The lowest BCUT2D eigenvalue weighted by Crippen LogP contribution is -2.09. The summed E-state index contributed by atoms with van der Waals surface area (Å²) >= 11 is 4.71. The number of nitrogens with one attached hydrogen (secondary N) is 1. The molecule has 1 aliphatic rings. The molecule has 0 spiro atoms. The van der Waals surface area contributed by atoms with Gasteiger partial charge < -0.3 is 14.8 Å². The van der Waals surface area contributed by atoms with E-state index in [1.807, 2.05) is 5.38 Å². The van der Waals surface area contributed by atoms with Gasteiger partial charge in [-0.25, -0.2) is 0 Å². The number of carbonyl (C=O) groups excluding carboxylic acids is 1. The van der Waals surface area contributed by atoms with Crippen LogP contribution in [0.15, 0.2) is 34.1 Å². The maximum absolute atomic E-state index is 11.9. The molecule has 0 unspecified atom stereocenters. The number of carbonyl (C=O) groups is 1. The average Bonchev–Trinajstić information content (AvgIpc) is 2.96. The van der Waals surface area contributed by atoms with E-state index >= 15 is 0 Å². The minimum atomic E-state index is -0.135. The summed E-state index contributed by atoms with van der Waals surface area (Å²) in [5.41, 5.74) is 0.689. The number of rotatable bonds is 2. The molecule has 3 rings (SSSR count). The molecule has 0 saturated heterocycles. The van der Waals surface area contributed by atoms with Gasteiger partial charge in [-0.1, -0.05) is 0 Å². The highest BCUT2D eigenvalue weighted by Gasteiger charge is 2.15. The van der Waals surface area contributed by atoms with Gasteiger partial charge in [-0.3, -0.25) is 4.79 Å². The molecule has 2 aromatic rings. The van der Waals surface area contributed by atoms with Crippen molar-refractivity contribution in [3.8, 4) is 11.5 Å². The zero-order valence-corrected chi connectivity index (χ0v) is 11.5. The minimum absolute atomic E-state index is 0.135. The van der Waals surface area contributed by atoms with E-state index < -0.39 is 0 Å². The van der Waals surface area contributed by atoms with Crippen molar-refractivity contribution in [2.24, 2.45) is 0 Å². The molecule has 0 fully saturated rings. The summed E-state index contributed by atoms with van der Waals surface area (Å²) < 4.78 is 11.4. The van der Waals surface area contributed by atoms with Crippen LogP contribution in [0.3, 0.4) is 0 Å². The number of halogens is 1. The second-order valence-electron chi connectivity index (χ2n) is 3.65. The van der Waals surface area contributed by atoms with Gasteiger partial charge in [0.2, 0.25) is 6.79 Å². The van der Waals surface area contributed by atoms with Gasteiger partial charge >= 0.3 is 0 Å². The molecule has 0 bridgehead atoms. The summed E-state index contributed by atoms with van der Waals surface area (Å²) in [7, 11) is 0. The van der Waals surface area contributed by atoms with Gasteiger partial charge in [0.1, 0.15) is 0 Å². The van der Waals surface area contributed by atoms with Crippen LogP contribution < -0.4 is 14.8 Å². The van der Waals surface area contributed by atoms with Gasteiger partial charge in [0.05, 0.1) is 4.88 Å². The Hall–Kier alpha value is -1.53. The van der Waals surface area contributed by atoms with Crippen LogP contribution in [0.4, 0.5) is 5.69 Å². The Labute approximate surface area is 116 Å². The molecule has 0 radical (unpaired) electrons. The molecule has 1 aromatic heterocycles. The van der Waals surface area contributed by atoms with Crippen LogP contribution in [0, 0.1) is 0 Å². The van der Waals surface area contributed by atoms with Crippen LogP contribution in [-0.2, 0) is 0 Å². The van der Waals surface area contributed by atoms with Crippen molar-refractivity contribution in [1.82, 2.24) is 0 Å². The normalized spacial score (nSPS) is 12.5. The van der Waals surface area contributed by atoms with E-state index in [1.165, 1.54) is 11.3 Å². The van der Waals surface area contributed by atoms with E-state index in [1.54, 1.807) is 24.3 Å². The van der Waals surface area contributed by atoms with E-state index in [4.69, 9.17) is 9.47 Å². The topological polar surface area (TPSA) is 47.6 Å². The van der Waals surface area contributed by atoms with Crippen molar-refractivity contribution < 1.29 is 14.3 Å². The van der Waals surface area contributed by atoms with E-state index in [2.05, 4.69) is 21.2 Å². The number of amides is 1. The summed E-state index contributed by atoms with van der Waals surface area (Å²) in [4.78, 5) is 12.6. The highest BCUT2D eigenvalue weighted by molar-refractivity contribution is 9.10. The number of thiophene rings is 1. The first kappa shape index (κ1) is 11.6. The lowest BCUT2D eigenvalue weighted by Gasteiger charge is -2.04. The summed E-state index contributed by atoms with van der Waals surface area (Å²) in [6.45, 7) is 0.227. The van der Waals surface area contributed by atoms with Gasteiger partial charge in [0.25, 0.3) is 5.91 Å². The third-order valence-electron chi connectivity index (χ3n) is 2.42. The van der Waals surface area contributed by atoms with Crippen molar-refractivity contribution in [3.63, 3.8) is 0 Å². The fraction of sp³-hybridized carbons (Fsp3) is 0.0833. The number of anilines is 1. The van der Waals surface area contributed by atoms with Gasteiger partial charge in [0.15, 0.2) is 11.5 Å². The second-order valence-corrected chi connectivity index (χ2v) is 5.48. The molecule has 1 aliphatic heterocycles. The molecule has 4 nitrogen and oxygen atoms in total. The maximum Gasteiger partial charge on any atom is 0.265 e. The molecule has 6 heteroatoms. The van der Waals surface area contributed by atoms with Crippen LogP contribution in [0.1, 0.15) is 9.67 Å². The SMILES string of the molecule is O=C(Nc1ccc2c(c1)OCO2)c1cc(Br)cs1. The summed E-state index contributed by atoms with van der Waals surface area (Å²) in [5.74, 6) is 1.22. The predicted molar refractivity (Wildman–Crippen MR) is 72.5 cm³/mol. The molecule has 0 saturated carbocycles. The molecule has 0 aliphatic carbocycles. The van der Waals surface area contributed by atoms with Gasteiger partial charge in [0, 0.05) is 21.6 Å². The van der Waals surface area contributed by atoms with Crippen LogP contribution >= 0.6 is 27.3 Å². The fourth-order valence-corrected chi connectivity index (χ4v) is 2.92. The van der Waals surface area contributed by atoms with Crippen LogP contribution in [0.25, 0.3) is 0 Å². The number of ether oxygens (including phenoxy) is 2. The lowest BCUT2D eigenvalue weighted by atomic mass is 10.2. The molecule has 92 valence electrons. The summed E-state index contributed by atoms with van der Waals surface area (Å²) in [6, 6.07) is 7.10.